The van der Waals surface area contributed by atoms with Crippen molar-refractivity contribution in [2.75, 3.05) is 20.3 Å². The van der Waals surface area contributed by atoms with E-state index in [1.165, 1.54) is 0 Å². The van der Waals surface area contributed by atoms with Crippen LogP contribution < -0.4 is 5.73 Å². The molecular weight excluding hydrogens is 346 g/mol. The lowest BCUT2D eigenvalue weighted by Crippen LogP contribution is -2.28. The molecule has 1 fully saturated rings. The van der Waals surface area contributed by atoms with Gasteiger partial charge in [-0.15, -0.1) is 0 Å². The van der Waals surface area contributed by atoms with Crippen molar-refractivity contribution < 1.29 is 13.2 Å². The Labute approximate surface area is 147 Å². The van der Waals surface area contributed by atoms with Gasteiger partial charge in [0.25, 0.3) is 0 Å². The van der Waals surface area contributed by atoms with Crippen molar-refractivity contribution in [3.05, 3.63) is 65.2 Å². The molecular formula is C18H20ClNO3S. The average molecular weight is 366 g/mol. The molecule has 0 bridgehead atoms. The van der Waals surface area contributed by atoms with Gasteiger partial charge < -0.3 is 10.5 Å². The second-order valence-corrected chi connectivity index (χ2v) is 8.69. The molecule has 0 unspecified atom stereocenters. The fraction of sp³-hybridized carbons (Fsp3) is 0.333. The predicted octanol–water partition coefficient (Wildman–Crippen LogP) is 2.87. The summed E-state index contributed by atoms with van der Waals surface area (Å²) >= 11 is 6.10. The van der Waals surface area contributed by atoms with Gasteiger partial charge >= 0.3 is 0 Å². The van der Waals surface area contributed by atoms with Gasteiger partial charge in [0.2, 0.25) is 0 Å². The van der Waals surface area contributed by atoms with Crippen molar-refractivity contribution in [2.24, 2.45) is 11.1 Å². The summed E-state index contributed by atoms with van der Waals surface area (Å²) in [6, 6.07) is 15.8. The fourth-order valence-electron chi connectivity index (χ4n) is 3.65. The monoisotopic (exact) mass is 365 g/mol. The summed E-state index contributed by atoms with van der Waals surface area (Å²) < 4.78 is 31.7. The Balaban J connectivity index is 2.07. The molecule has 0 heterocycles. The smallest absolute Gasteiger partial charge is 0.182 e. The van der Waals surface area contributed by atoms with Crippen LogP contribution in [-0.2, 0) is 14.6 Å². The van der Waals surface area contributed by atoms with Crippen LogP contribution in [0.4, 0.5) is 0 Å². The maximum absolute atomic E-state index is 13.2. The Morgan fingerprint density at radius 1 is 1.17 bits per heavy atom. The van der Waals surface area contributed by atoms with E-state index in [9.17, 15) is 8.42 Å². The molecule has 1 aliphatic carbocycles. The first kappa shape index (κ1) is 17.4. The number of sulfone groups is 1. The van der Waals surface area contributed by atoms with Crippen LogP contribution >= 0.6 is 11.6 Å². The quantitative estimate of drug-likeness (QED) is 0.854. The fourth-order valence-corrected chi connectivity index (χ4v) is 6.31. The van der Waals surface area contributed by atoms with Crippen LogP contribution in [0.5, 0.6) is 0 Å². The van der Waals surface area contributed by atoms with E-state index in [0.717, 1.165) is 5.56 Å². The van der Waals surface area contributed by atoms with Gasteiger partial charge in [0.05, 0.1) is 16.8 Å². The van der Waals surface area contributed by atoms with Gasteiger partial charge in [-0.3, -0.25) is 0 Å². The van der Waals surface area contributed by atoms with Gasteiger partial charge in [-0.2, -0.15) is 0 Å². The lowest BCUT2D eigenvalue weighted by atomic mass is 10.00. The molecule has 1 saturated carbocycles. The van der Waals surface area contributed by atoms with E-state index in [2.05, 4.69) is 0 Å². The minimum absolute atomic E-state index is 0.230. The Bertz CT molecular complexity index is 825. The highest BCUT2D eigenvalue weighted by Crippen LogP contribution is 2.63. The zero-order valence-electron chi connectivity index (χ0n) is 13.4. The molecule has 0 aromatic heterocycles. The van der Waals surface area contributed by atoms with Crippen molar-refractivity contribution >= 4 is 21.4 Å². The molecule has 0 amide bonds. The first-order chi connectivity index (χ1) is 11.5. The zero-order chi connectivity index (χ0) is 17.4. The minimum atomic E-state index is -3.52. The minimum Gasteiger partial charge on any atom is -0.384 e. The first-order valence-corrected chi connectivity index (χ1v) is 9.63. The summed E-state index contributed by atoms with van der Waals surface area (Å²) in [7, 11) is -1.95. The lowest BCUT2D eigenvalue weighted by Gasteiger charge is -2.15. The van der Waals surface area contributed by atoms with Crippen molar-refractivity contribution in [1.82, 2.24) is 0 Å². The molecule has 2 aromatic rings. The largest absolute Gasteiger partial charge is 0.384 e. The number of methoxy groups -OCH3 is 1. The molecule has 0 radical (unpaired) electrons. The third-order valence-corrected chi connectivity index (χ3v) is 7.36. The highest BCUT2D eigenvalue weighted by atomic mass is 35.5. The molecule has 0 spiro atoms. The Morgan fingerprint density at radius 3 is 2.46 bits per heavy atom. The van der Waals surface area contributed by atoms with Crippen LogP contribution in [-0.4, -0.2) is 33.9 Å². The predicted molar refractivity (Wildman–Crippen MR) is 95.0 cm³/mol. The molecule has 1 aliphatic rings. The summed E-state index contributed by atoms with van der Waals surface area (Å²) in [4.78, 5) is 0.313. The number of hydrogen-bond acceptors (Lipinski definition) is 4. The van der Waals surface area contributed by atoms with E-state index in [-0.39, 0.29) is 19.1 Å². The van der Waals surface area contributed by atoms with Crippen molar-refractivity contribution in [1.29, 1.82) is 0 Å². The van der Waals surface area contributed by atoms with Gasteiger partial charge in [0.15, 0.2) is 9.84 Å². The van der Waals surface area contributed by atoms with E-state index in [4.69, 9.17) is 22.1 Å². The topological polar surface area (TPSA) is 69.4 Å². The van der Waals surface area contributed by atoms with Crippen LogP contribution in [0.1, 0.15) is 11.5 Å². The standard InChI is InChI=1S/C18H20ClNO3S/c1-23-12-18(11-20)16(13-6-5-7-14(19)10-13)17(18)24(21,22)15-8-3-2-4-9-15/h2-10,16-17H,11-12,20H2,1H3/t16-,17-,18-/m0/s1. The Hall–Kier alpha value is -1.40. The zero-order valence-corrected chi connectivity index (χ0v) is 14.9. The van der Waals surface area contributed by atoms with Gasteiger partial charge in [-0.25, -0.2) is 8.42 Å². The SMILES string of the molecule is COC[C@@]1(CN)[C@@H](c2cccc(Cl)c2)[C@@H]1S(=O)(=O)c1ccccc1. The van der Waals surface area contributed by atoms with Crippen molar-refractivity contribution in [2.45, 2.75) is 16.1 Å². The number of nitrogens with two attached hydrogens (primary N) is 1. The number of benzene rings is 2. The third-order valence-electron chi connectivity index (χ3n) is 4.79. The van der Waals surface area contributed by atoms with Gasteiger partial charge in [0, 0.05) is 30.0 Å². The van der Waals surface area contributed by atoms with Gasteiger partial charge in [-0.05, 0) is 29.8 Å². The Morgan fingerprint density at radius 2 is 1.88 bits per heavy atom. The molecule has 128 valence electrons. The third kappa shape index (κ3) is 2.75. The lowest BCUT2D eigenvalue weighted by molar-refractivity contribution is 0.142. The average Bonchev–Trinajstić information content (AvgIpc) is 3.26. The number of rotatable bonds is 6. The van der Waals surface area contributed by atoms with Crippen LogP contribution in [0.25, 0.3) is 0 Å². The van der Waals surface area contributed by atoms with Crippen LogP contribution in [0.15, 0.2) is 59.5 Å². The van der Waals surface area contributed by atoms with E-state index in [1.54, 1.807) is 43.5 Å². The van der Waals surface area contributed by atoms with E-state index < -0.39 is 20.5 Å². The molecule has 24 heavy (non-hydrogen) atoms. The molecule has 3 atom stereocenters. The van der Waals surface area contributed by atoms with Crippen molar-refractivity contribution in [3.8, 4) is 0 Å². The summed E-state index contributed by atoms with van der Waals surface area (Å²) in [6.45, 7) is 0.520. The summed E-state index contributed by atoms with van der Waals surface area (Å²) in [5.74, 6) is -0.230. The molecule has 0 saturated heterocycles. The van der Waals surface area contributed by atoms with E-state index in [0.29, 0.717) is 9.92 Å². The van der Waals surface area contributed by atoms with Crippen LogP contribution in [0, 0.1) is 5.41 Å². The highest BCUT2D eigenvalue weighted by molar-refractivity contribution is 7.92. The first-order valence-electron chi connectivity index (χ1n) is 7.71. The number of hydrogen-bond donors (Lipinski definition) is 1. The van der Waals surface area contributed by atoms with Crippen LogP contribution in [0.2, 0.25) is 5.02 Å². The normalized spacial score (nSPS) is 26.3. The molecule has 2 N–H and O–H groups in total. The number of ether oxygens (including phenoxy) is 1. The molecule has 3 rings (SSSR count). The second kappa shape index (κ2) is 6.48. The molecule has 4 nitrogen and oxygen atoms in total. The maximum atomic E-state index is 13.2. The summed E-state index contributed by atoms with van der Waals surface area (Å²) in [5, 5.41) is -0.0329. The Kier molecular flexibility index (Phi) is 4.71. The second-order valence-electron chi connectivity index (χ2n) is 6.18. The van der Waals surface area contributed by atoms with Crippen molar-refractivity contribution in [3.63, 3.8) is 0 Å². The van der Waals surface area contributed by atoms with E-state index in [1.807, 2.05) is 18.2 Å². The molecule has 2 aromatic carbocycles. The van der Waals surface area contributed by atoms with Gasteiger partial charge in [0.1, 0.15) is 0 Å². The number of halogens is 1. The van der Waals surface area contributed by atoms with Gasteiger partial charge in [-0.1, -0.05) is 41.9 Å². The highest BCUT2D eigenvalue weighted by Gasteiger charge is 2.70. The van der Waals surface area contributed by atoms with E-state index >= 15 is 0 Å². The maximum Gasteiger partial charge on any atom is 0.182 e. The molecule has 6 heteroatoms. The summed E-state index contributed by atoms with van der Waals surface area (Å²) in [6.07, 6.45) is 0. The summed E-state index contributed by atoms with van der Waals surface area (Å²) in [5.41, 5.74) is 6.26. The molecule has 0 aliphatic heterocycles. The van der Waals surface area contributed by atoms with Crippen LogP contribution in [0.3, 0.4) is 0 Å².